The zero-order valence-corrected chi connectivity index (χ0v) is 60.8. The molecular formula is C76H111FN6O19. The fourth-order valence-electron chi connectivity index (χ4n) is 13.5. The van der Waals surface area contributed by atoms with Crippen molar-refractivity contribution in [2.45, 2.75) is 226 Å². The lowest BCUT2D eigenvalue weighted by molar-refractivity contribution is -0.465. The number of nitrogens with zero attached hydrogens (tertiary/aromatic N) is 4. The van der Waals surface area contributed by atoms with Gasteiger partial charge in [-0.2, -0.15) is 0 Å². The molecule has 4 saturated heterocycles. The van der Waals surface area contributed by atoms with Crippen molar-refractivity contribution in [2.24, 2.45) is 39.7 Å². The Morgan fingerprint density at radius 1 is 0.676 bits per heavy atom. The summed E-state index contributed by atoms with van der Waals surface area (Å²) in [6.07, 6.45) is 6.49. The van der Waals surface area contributed by atoms with E-state index in [-0.39, 0.29) is 105 Å². The first-order valence-electron chi connectivity index (χ1n) is 35.4. The second-order valence-electron chi connectivity index (χ2n) is 29.7. The molecule has 1 spiro atoms. The molecule has 6 fully saturated rings. The lowest BCUT2D eigenvalue weighted by atomic mass is 9.84. The van der Waals surface area contributed by atoms with Gasteiger partial charge < -0.3 is 53.7 Å². The minimum absolute atomic E-state index is 0. The zero-order chi connectivity index (χ0) is 74.4. The summed E-state index contributed by atoms with van der Waals surface area (Å²) in [5.74, 6) is -1.58. The number of nitro groups is 1. The number of hydrogen-bond acceptors (Lipinski definition) is 20. The molecule has 26 heteroatoms. The number of alkyl carbamates (subject to hydrolysis) is 2. The Balaban J connectivity index is 0.000000312. The van der Waals surface area contributed by atoms with Gasteiger partial charge in [0.2, 0.25) is 23.4 Å². The molecule has 2 unspecified atom stereocenters. The Morgan fingerprint density at radius 3 is 1.52 bits per heavy atom. The summed E-state index contributed by atoms with van der Waals surface area (Å²) in [7, 11) is 3.54. The lowest BCUT2D eigenvalue weighted by Gasteiger charge is -2.35. The Bertz CT molecular complexity index is 3210. The molecule has 0 radical (unpaired) electrons. The monoisotopic (exact) mass is 1430 g/mol. The van der Waals surface area contributed by atoms with E-state index in [2.05, 4.69) is 22.4 Å². The van der Waals surface area contributed by atoms with Gasteiger partial charge in [0.25, 0.3) is 6.54 Å². The third kappa shape index (κ3) is 25.0. The van der Waals surface area contributed by atoms with Crippen molar-refractivity contribution in [1.29, 1.82) is 0 Å². The number of hydrogen-bond donors (Lipinski definition) is 2. The molecule has 566 valence electrons. The number of carbonyl (C=O) groups excluding carboxylic acids is 10. The average Bonchev–Trinajstić information content (AvgIpc) is 1.60. The molecule has 102 heavy (non-hydrogen) atoms. The third-order valence-electron chi connectivity index (χ3n) is 19.2. The van der Waals surface area contributed by atoms with Crippen molar-refractivity contribution < 1.29 is 90.5 Å². The summed E-state index contributed by atoms with van der Waals surface area (Å²) in [6.45, 7) is 20.4. The summed E-state index contributed by atoms with van der Waals surface area (Å²) < 4.78 is 42.4. The highest BCUT2D eigenvalue weighted by atomic mass is 19.1. The van der Waals surface area contributed by atoms with Crippen LogP contribution >= 0.6 is 0 Å². The van der Waals surface area contributed by atoms with Crippen LogP contribution < -0.4 is 10.6 Å². The van der Waals surface area contributed by atoms with Crippen molar-refractivity contribution >= 4 is 64.4 Å². The number of oxime groups is 1. The molecule has 2 N–H and O–H groups in total. The van der Waals surface area contributed by atoms with E-state index in [0.29, 0.717) is 102 Å². The number of nitrogens with one attached hydrogen (secondary N) is 2. The molecule has 0 aromatic heterocycles. The van der Waals surface area contributed by atoms with Crippen LogP contribution in [0.5, 0.6) is 0 Å². The first kappa shape index (κ1) is 85.0. The first-order valence-corrected chi connectivity index (χ1v) is 35.4. The number of amides is 4. The summed E-state index contributed by atoms with van der Waals surface area (Å²) in [4.78, 5) is 151. The fraction of sp³-hybridized carbons (Fsp3) is 0.671. The van der Waals surface area contributed by atoms with Crippen LogP contribution in [0, 0.1) is 44.6 Å². The molecule has 0 bridgehead atoms. The predicted octanol–water partition coefficient (Wildman–Crippen LogP) is 10.9. The average molecular weight is 1430 g/mol. The summed E-state index contributed by atoms with van der Waals surface area (Å²) in [5, 5.41) is 19.7. The highest BCUT2D eigenvalue weighted by Crippen LogP contribution is 2.42. The quantitative estimate of drug-likeness (QED) is 0.0306. The largest absolute Gasteiger partial charge is 0.444 e. The number of alkyl halides is 1. The molecule has 2 saturated carbocycles. The normalized spacial score (nSPS) is 22.3. The smallest absolute Gasteiger partial charge is 0.408 e. The maximum Gasteiger partial charge on any atom is 0.408 e. The van der Waals surface area contributed by atoms with E-state index >= 15 is 0 Å². The van der Waals surface area contributed by atoms with E-state index in [1.165, 1.54) is 24.0 Å². The van der Waals surface area contributed by atoms with Crippen molar-refractivity contribution in [2.75, 3.05) is 67.5 Å². The molecule has 11 atom stereocenters. The summed E-state index contributed by atoms with van der Waals surface area (Å²) >= 11 is 0. The van der Waals surface area contributed by atoms with Crippen LogP contribution in [0.25, 0.3) is 0 Å². The molecule has 2 aromatic rings. The van der Waals surface area contributed by atoms with Gasteiger partial charge in [-0.1, -0.05) is 154 Å². The summed E-state index contributed by atoms with van der Waals surface area (Å²) in [5.41, 5.74) is -0.636. The Labute approximate surface area is 600 Å². The van der Waals surface area contributed by atoms with Crippen LogP contribution in [0.4, 0.5) is 14.0 Å². The Morgan fingerprint density at radius 2 is 1.12 bits per heavy atom. The van der Waals surface area contributed by atoms with Gasteiger partial charge in [0, 0.05) is 88.2 Å². The van der Waals surface area contributed by atoms with E-state index in [1.807, 2.05) is 61.5 Å². The van der Waals surface area contributed by atoms with Gasteiger partial charge in [-0.15, -0.1) is 0 Å². The van der Waals surface area contributed by atoms with Crippen LogP contribution in [-0.2, 0) is 62.0 Å². The molecule has 5 heterocycles. The maximum absolute atomic E-state index is 14.5. The lowest BCUT2D eigenvalue weighted by Crippen LogP contribution is -2.57. The van der Waals surface area contributed by atoms with Gasteiger partial charge in [0.05, 0.1) is 52.2 Å². The Hall–Kier alpha value is -7.68. The number of ketones is 6. The standard InChI is InChI=1S/C37H51N3O9.C29H46N2O7.C8H7NO3.CH3F.CH4/c1-6-10-25(32(46-5)30(42)17-23-13-14-23)18-29(41)28-20-37(19-27(39-49-37)31(43)24-11-8-7-9-12-24)22-40(28)34(44)33(36(2,3)4)38-35(45)48-26-15-16-47-21-26;1-7-8-20(25(36-6)24(33)14-19-9-10-19)15-23(32)22-13-18(2)16-31(22)27(34)26(29(3,4)5)30-28(35)38-21-11-12-37-17-21;10-8(6-9(11)12)7-4-2-1-3-5-7;1-2;/h7-9,11-12,23,25-26,28,32-33H,6,10,13-22H2,1-5H3,(H,38,45);19-22,25-26H,2,7-17H2,1,3-6H3,(H,30,35);1-5H,6H2;1H3;1H4/t25-,26+,28+,32?,33-,37-;20-,21+,22+,25?,26-;;;/m11.../s1. The zero-order valence-electron chi connectivity index (χ0n) is 60.8. The van der Waals surface area contributed by atoms with Gasteiger partial charge in [0.15, 0.2) is 28.7 Å². The number of benzene rings is 2. The van der Waals surface area contributed by atoms with E-state index in [1.54, 1.807) is 54.6 Å². The topological polar surface area (TPSA) is 321 Å². The maximum atomic E-state index is 14.5. The van der Waals surface area contributed by atoms with E-state index in [0.717, 1.165) is 44.1 Å². The van der Waals surface area contributed by atoms with Crippen LogP contribution in [0.1, 0.15) is 193 Å². The number of ether oxygens (including phenoxy) is 6. The second kappa shape index (κ2) is 39.8. The SMILES string of the molecule is C.C=C1C[C@@H](C(=O)C[C@@H](CCC)C(OC)C(=O)CC2CC2)N(C(=O)[C@@H](NC(=O)O[C@H]2CCOC2)C(C)(C)C)C1.CCC[C@H](CC(=O)[C@@H]1C[C@]2(CC(C(=O)c3ccccc3)=NO2)CN1C(=O)[C@@H](NC(=O)O[C@H]1CCOC1)C(C)(C)C)C(OC)C(=O)CC1CC1.CF.O=C(C[N+](=O)[O-])c1ccccc1. The van der Waals surface area contributed by atoms with Crippen molar-refractivity contribution in [1.82, 2.24) is 20.4 Å². The predicted molar refractivity (Wildman–Crippen MR) is 379 cm³/mol. The minimum atomic E-state index is -1.11. The first-order chi connectivity index (χ1) is 48.0. The van der Waals surface area contributed by atoms with Crippen LogP contribution in [-0.4, -0.2) is 201 Å². The molecule has 7 aliphatic rings. The number of rotatable bonds is 31. The number of halogens is 1. The van der Waals surface area contributed by atoms with Crippen LogP contribution in [0.3, 0.4) is 0 Å². The highest BCUT2D eigenvalue weighted by molar-refractivity contribution is 6.46. The van der Waals surface area contributed by atoms with Gasteiger partial charge in [-0.3, -0.25) is 52.9 Å². The van der Waals surface area contributed by atoms with Gasteiger partial charge in [-0.05, 0) is 79.4 Å². The van der Waals surface area contributed by atoms with Crippen LogP contribution in [0.15, 0.2) is 78.0 Å². The van der Waals surface area contributed by atoms with Gasteiger partial charge in [-0.25, -0.2) is 9.59 Å². The fourth-order valence-corrected chi connectivity index (χ4v) is 13.5. The second-order valence-corrected chi connectivity index (χ2v) is 29.7. The molecule has 2 aromatic carbocycles. The van der Waals surface area contributed by atoms with Crippen molar-refractivity contribution in [3.63, 3.8) is 0 Å². The number of carbonyl (C=O) groups is 10. The molecule has 5 aliphatic heterocycles. The summed E-state index contributed by atoms with van der Waals surface area (Å²) in [6, 6.07) is 13.4. The number of likely N-dealkylation sites (tertiary alicyclic amines) is 2. The number of Topliss-reactive ketones (excluding diaryl/α,β-unsaturated/α-hetero) is 6. The highest BCUT2D eigenvalue weighted by Gasteiger charge is 2.56. The number of methoxy groups -OCH3 is 2. The van der Waals surface area contributed by atoms with Gasteiger partial charge in [0.1, 0.15) is 42.2 Å². The Kier molecular flexibility index (Phi) is 33.2. The van der Waals surface area contributed by atoms with E-state index < -0.39 is 94.3 Å². The van der Waals surface area contributed by atoms with Crippen LogP contribution in [0.2, 0.25) is 0 Å². The van der Waals surface area contributed by atoms with E-state index in [4.69, 9.17) is 33.3 Å². The third-order valence-corrected chi connectivity index (χ3v) is 19.2. The van der Waals surface area contributed by atoms with Crippen molar-refractivity contribution in [3.8, 4) is 0 Å². The van der Waals surface area contributed by atoms with Gasteiger partial charge >= 0.3 is 12.2 Å². The molecular weight excluding hydrogens is 1320 g/mol. The molecule has 2 aliphatic carbocycles. The van der Waals surface area contributed by atoms with E-state index in [9.17, 15) is 62.5 Å². The van der Waals surface area contributed by atoms with Crippen molar-refractivity contribution in [3.05, 3.63) is 94.1 Å². The molecule has 9 rings (SSSR count). The molecule has 25 nitrogen and oxygen atoms in total. The minimum Gasteiger partial charge on any atom is -0.444 e. The molecule has 4 amide bonds.